The van der Waals surface area contributed by atoms with Crippen molar-refractivity contribution in [1.29, 1.82) is 0 Å². The van der Waals surface area contributed by atoms with E-state index in [0.717, 1.165) is 0 Å². The molecular weight excluding hydrogens is 342 g/mol. The van der Waals surface area contributed by atoms with Gasteiger partial charge in [-0.15, -0.1) is 0 Å². The molecule has 0 saturated carbocycles. The fraction of sp³-hybridized carbons (Fsp3) is 0.706. The second-order valence-electron chi connectivity index (χ2n) is 5.59. The van der Waals surface area contributed by atoms with Gasteiger partial charge in [0, 0.05) is 6.61 Å². The maximum Gasteiger partial charge on any atom is 0.326 e. The van der Waals surface area contributed by atoms with Crippen LogP contribution in [0.15, 0.2) is 16.4 Å². The van der Waals surface area contributed by atoms with Crippen LogP contribution in [0.2, 0.25) is 0 Å². The molecule has 6 N–H and O–H groups in total. The number of carbonyl (C=O) groups is 2. The molecule has 0 aromatic heterocycles. The van der Waals surface area contributed by atoms with Gasteiger partial charge in [0.25, 0.3) is 0 Å². The summed E-state index contributed by atoms with van der Waals surface area (Å²) in [6, 6.07) is -0.841. The Hall–Kier alpha value is -2.13. The first-order chi connectivity index (χ1) is 12.4. The van der Waals surface area contributed by atoms with Crippen LogP contribution in [0.1, 0.15) is 39.5 Å². The second-order valence-corrected chi connectivity index (χ2v) is 5.59. The molecule has 1 aliphatic rings. The summed E-state index contributed by atoms with van der Waals surface area (Å²) in [5.74, 6) is -1.92. The van der Waals surface area contributed by atoms with Gasteiger partial charge in [0.15, 0.2) is 5.76 Å². The molecule has 0 bridgehead atoms. The molecule has 0 saturated heterocycles. The number of hydrogen-bond donors (Lipinski definition) is 5. The van der Waals surface area contributed by atoms with Crippen molar-refractivity contribution in [2.24, 2.45) is 16.6 Å². The van der Waals surface area contributed by atoms with Gasteiger partial charge in [0.1, 0.15) is 12.6 Å². The van der Waals surface area contributed by atoms with E-state index in [-0.39, 0.29) is 12.5 Å². The molecule has 0 aromatic carbocycles. The molecule has 0 spiro atoms. The number of hydrogen-bond acceptors (Lipinski definition) is 7. The molecule has 0 radical (unpaired) electrons. The Labute approximate surface area is 153 Å². The number of nitrogens with one attached hydrogen (secondary N) is 1. The van der Waals surface area contributed by atoms with Crippen LogP contribution in [-0.4, -0.2) is 65.8 Å². The summed E-state index contributed by atoms with van der Waals surface area (Å²) in [5.41, 5.74) is 6.36. The number of aliphatic hydroxyl groups is 1. The van der Waals surface area contributed by atoms with E-state index >= 15 is 0 Å². The van der Waals surface area contributed by atoms with E-state index in [9.17, 15) is 19.8 Å². The summed E-state index contributed by atoms with van der Waals surface area (Å²) < 4.78 is 5.32. The molecule has 9 nitrogen and oxygen atoms in total. The average Bonchev–Trinajstić information content (AvgIpc) is 2.64. The van der Waals surface area contributed by atoms with Gasteiger partial charge >= 0.3 is 11.9 Å². The Kier molecular flexibility index (Phi) is 12.0. The highest BCUT2D eigenvalue weighted by molar-refractivity contribution is 6.00. The predicted octanol–water partition coefficient (Wildman–Crippen LogP) is 0.580. The van der Waals surface area contributed by atoms with Gasteiger partial charge in [0.05, 0.1) is 18.5 Å². The SMILES string of the molecule is CC.COC1=C(NC(CCCN)C(=O)O)CC(CO)CC1=NCC(=O)O. The monoisotopic (exact) mass is 373 g/mol. The summed E-state index contributed by atoms with van der Waals surface area (Å²) in [5, 5.41) is 30.5. The van der Waals surface area contributed by atoms with E-state index in [0.29, 0.717) is 49.4 Å². The number of methoxy groups -OCH3 is 1. The maximum absolute atomic E-state index is 11.4. The molecule has 2 unspecified atom stereocenters. The van der Waals surface area contributed by atoms with Gasteiger partial charge in [-0.25, -0.2) is 4.79 Å². The maximum atomic E-state index is 11.4. The molecule has 0 aliphatic heterocycles. The molecule has 150 valence electrons. The zero-order valence-corrected chi connectivity index (χ0v) is 15.7. The highest BCUT2D eigenvalue weighted by atomic mass is 16.5. The summed E-state index contributed by atoms with van der Waals surface area (Å²) in [4.78, 5) is 26.1. The van der Waals surface area contributed by atoms with E-state index in [1.807, 2.05) is 13.8 Å². The van der Waals surface area contributed by atoms with E-state index in [2.05, 4.69) is 10.3 Å². The van der Waals surface area contributed by atoms with Crippen molar-refractivity contribution in [2.75, 3.05) is 26.8 Å². The lowest BCUT2D eigenvalue weighted by Crippen LogP contribution is -2.40. The normalized spacial score (nSPS) is 19.4. The van der Waals surface area contributed by atoms with E-state index < -0.39 is 24.5 Å². The summed E-state index contributed by atoms with van der Waals surface area (Å²) in [6.45, 7) is 3.85. The molecule has 0 fully saturated rings. The number of nitrogens with two attached hydrogens (primary N) is 1. The Bertz CT molecular complexity index is 519. The Morgan fingerprint density at radius 2 is 2.00 bits per heavy atom. The van der Waals surface area contributed by atoms with Crippen molar-refractivity contribution in [3.63, 3.8) is 0 Å². The zero-order valence-electron chi connectivity index (χ0n) is 15.7. The van der Waals surface area contributed by atoms with Crippen LogP contribution in [0.3, 0.4) is 0 Å². The minimum atomic E-state index is -1.08. The Balaban J connectivity index is 0.00000301. The predicted molar refractivity (Wildman–Crippen MR) is 98.0 cm³/mol. The lowest BCUT2D eigenvalue weighted by atomic mass is 9.89. The Morgan fingerprint density at radius 1 is 1.35 bits per heavy atom. The van der Waals surface area contributed by atoms with Crippen molar-refractivity contribution in [3.05, 3.63) is 11.5 Å². The number of aliphatic carboxylic acids is 2. The van der Waals surface area contributed by atoms with Crippen molar-refractivity contribution >= 4 is 17.7 Å². The molecular formula is C17H31N3O6. The van der Waals surface area contributed by atoms with Gasteiger partial charge in [-0.05, 0) is 38.1 Å². The lowest BCUT2D eigenvalue weighted by Gasteiger charge is -2.29. The molecule has 0 aromatic rings. The first kappa shape index (κ1) is 23.9. The first-order valence-corrected chi connectivity index (χ1v) is 8.75. The fourth-order valence-electron chi connectivity index (χ4n) is 2.58. The van der Waals surface area contributed by atoms with Crippen LogP contribution in [0.5, 0.6) is 0 Å². The van der Waals surface area contributed by atoms with Gasteiger partial charge in [-0.3, -0.25) is 9.79 Å². The summed E-state index contributed by atoms with van der Waals surface area (Å²) >= 11 is 0. The van der Waals surface area contributed by atoms with E-state index in [4.69, 9.17) is 15.6 Å². The molecule has 26 heavy (non-hydrogen) atoms. The van der Waals surface area contributed by atoms with Crippen molar-refractivity contribution in [1.82, 2.24) is 5.32 Å². The van der Waals surface area contributed by atoms with Gasteiger partial charge in [-0.2, -0.15) is 0 Å². The highest BCUT2D eigenvalue weighted by Crippen LogP contribution is 2.27. The summed E-state index contributed by atoms with van der Waals surface area (Å²) in [6.07, 6.45) is 1.66. The molecule has 0 amide bonds. The van der Waals surface area contributed by atoms with Crippen LogP contribution in [0.4, 0.5) is 0 Å². The number of allylic oxidation sites excluding steroid dienone is 2. The summed E-state index contributed by atoms with van der Waals surface area (Å²) in [7, 11) is 1.42. The van der Waals surface area contributed by atoms with E-state index in [1.165, 1.54) is 7.11 Å². The lowest BCUT2D eigenvalue weighted by molar-refractivity contribution is -0.139. The second kappa shape index (κ2) is 13.1. The van der Waals surface area contributed by atoms with Gasteiger partial charge in [-0.1, -0.05) is 13.8 Å². The van der Waals surface area contributed by atoms with Gasteiger partial charge < -0.3 is 31.1 Å². The van der Waals surface area contributed by atoms with E-state index in [1.54, 1.807) is 0 Å². The standard InChI is InChI=1S/C15H25N3O6.C2H6/c1-24-14-11(17-7-13(20)21)5-9(8-19)6-12(14)18-10(15(22)23)3-2-4-16;1-2/h9-10,18-19H,2-8,16H2,1H3,(H,20,21)(H,22,23);1-2H3. The molecule has 0 heterocycles. The van der Waals surface area contributed by atoms with Crippen LogP contribution in [-0.2, 0) is 14.3 Å². The topological polar surface area (TPSA) is 154 Å². The number of ether oxygens (including phenoxy) is 1. The van der Waals surface area contributed by atoms with Crippen LogP contribution in [0, 0.1) is 5.92 Å². The van der Waals surface area contributed by atoms with Crippen molar-refractivity contribution in [2.45, 2.75) is 45.6 Å². The van der Waals surface area contributed by atoms with Crippen molar-refractivity contribution < 1.29 is 29.6 Å². The quantitative estimate of drug-likeness (QED) is 0.372. The molecule has 1 rings (SSSR count). The average molecular weight is 373 g/mol. The first-order valence-electron chi connectivity index (χ1n) is 8.75. The third-order valence-corrected chi connectivity index (χ3v) is 3.72. The smallest absolute Gasteiger partial charge is 0.326 e. The molecule has 2 atom stereocenters. The largest absolute Gasteiger partial charge is 0.493 e. The number of rotatable bonds is 10. The fourth-order valence-corrected chi connectivity index (χ4v) is 2.58. The van der Waals surface area contributed by atoms with Crippen molar-refractivity contribution in [3.8, 4) is 0 Å². The van der Waals surface area contributed by atoms with Crippen LogP contribution < -0.4 is 11.1 Å². The molecule has 9 heteroatoms. The third kappa shape index (κ3) is 7.83. The highest BCUT2D eigenvalue weighted by Gasteiger charge is 2.29. The van der Waals surface area contributed by atoms with Gasteiger partial charge in [0.2, 0.25) is 0 Å². The minimum absolute atomic E-state index is 0.116. The Morgan fingerprint density at radius 3 is 2.46 bits per heavy atom. The van der Waals surface area contributed by atoms with Crippen LogP contribution >= 0.6 is 0 Å². The molecule has 1 aliphatic carbocycles. The number of aliphatic imine (C=N–C) groups is 1. The number of nitrogens with zero attached hydrogens (tertiary/aromatic N) is 1. The zero-order chi connectivity index (χ0) is 20.1. The number of carboxylic acid groups (broad SMARTS) is 2. The number of aliphatic hydroxyl groups excluding tert-OH is 1. The third-order valence-electron chi connectivity index (χ3n) is 3.72. The number of carboxylic acids is 2. The van der Waals surface area contributed by atoms with Crippen LogP contribution in [0.25, 0.3) is 0 Å². The minimum Gasteiger partial charge on any atom is -0.493 e.